The number of benzene rings is 1. The second-order valence-corrected chi connectivity index (χ2v) is 6.08. The number of carbonyl (C=O) groups is 2. The van der Waals surface area contributed by atoms with Gasteiger partial charge in [-0.15, -0.1) is 0 Å². The summed E-state index contributed by atoms with van der Waals surface area (Å²) in [5, 5.41) is 2.12. The number of anilines is 2. The zero-order valence-electron chi connectivity index (χ0n) is 13.2. The minimum atomic E-state index is -0.662. The van der Waals surface area contributed by atoms with Gasteiger partial charge in [0.15, 0.2) is 0 Å². The summed E-state index contributed by atoms with van der Waals surface area (Å²) in [5.74, 6) is -1.95. The van der Waals surface area contributed by atoms with E-state index in [9.17, 15) is 18.8 Å². The van der Waals surface area contributed by atoms with Crippen LogP contribution in [0.1, 0.15) is 33.6 Å². The molecule has 2 aliphatic rings. The van der Waals surface area contributed by atoms with Crippen LogP contribution < -0.4 is 21.5 Å². The molecule has 0 atom stereocenters. The number of nitrogen functional groups attached to an aromatic ring is 1. The number of hydrogen-bond acceptors (Lipinski definition) is 5. The third kappa shape index (κ3) is 2.21. The topological polar surface area (TPSA) is 97.4 Å². The number of rotatable bonds is 2. The van der Waals surface area contributed by atoms with E-state index in [2.05, 4.69) is 5.32 Å². The number of pyridine rings is 1. The van der Waals surface area contributed by atoms with E-state index in [1.54, 1.807) is 6.07 Å². The van der Waals surface area contributed by atoms with E-state index < -0.39 is 23.2 Å². The normalized spacial score (nSPS) is 16.3. The molecule has 2 aliphatic heterocycles. The van der Waals surface area contributed by atoms with Gasteiger partial charge in [0.2, 0.25) is 0 Å². The largest absolute Gasteiger partial charge is 0.384 e. The van der Waals surface area contributed by atoms with Gasteiger partial charge in [0, 0.05) is 19.2 Å². The van der Waals surface area contributed by atoms with Crippen LogP contribution in [0.3, 0.4) is 0 Å². The lowest BCUT2D eigenvalue weighted by Gasteiger charge is -2.23. The monoisotopic (exact) mass is 342 g/mol. The third-order valence-corrected chi connectivity index (χ3v) is 4.58. The highest BCUT2D eigenvalue weighted by atomic mass is 19.1. The molecule has 0 bridgehead atoms. The van der Waals surface area contributed by atoms with E-state index in [-0.39, 0.29) is 28.3 Å². The standard InChI is InChI=1S/C17H15FN4O3/c18-10-4-3-5-11(14(10)21-6-1-2-7-21)22-12(23)8-9-13(15(22)19)17(25)20-16(9)24/h3-5,8H,1-2,6-7,19H2,(H,20,24,25). The number of carbonyl (C=O) groups excluding carboxylic acids is 2. The maximum absolute atomic E-state index is 14.5. The second kappa shape index (κ2) is 5.44. The molecule has 0 saturated carbocycles. The molecular formula is C17H15FN4O3. The molecule has 1 aromatic carbocycles. The molecule has 2 aromatic rings. The maximum Gasteiger partial charge on any atom is 0.262 e. The number of amides is 2. The Labute approximate surface area is 141 Å². The van der Waals surface area contributed by atoms with Crippen LogP contribution in [0.15, 0.2) is 29.1 Å². The molecular weight excluding hydrogens is 327 g/mol. The average molecular weight is 342 g/mol. The lowest BCUT2D eigenvalue weighted by Crippen LogP contribution is -2.28. The van der Waals surface area contributed by atoms with Gasteiger partial charge in [-0.1, -0.05) is 6.07 Å². The number of hydrogen-bond donors (Lipinski definition) is 2. The van der Waals surface area contributed by atoms with Crippen molar-refractivity contribution in [3.05, 3.63) is 51.6 Å². The van der Waals surface area contributed by atoms with E-state index in [1.165, 1.54) is 12.1 Å². The predicted octanol–water partition coefficient (Wildman–Crippen LogP) is 1.04. The molecule has 0 unspecified atom stereocenters. The highest BCUT2D eigenvalue weighted by molar-refractivity contribution is 6.23. The highest BCUT2D eigenvalue weighted by Gasteiger charge is 2.33. The Morgan fingerprint density at radius 2 is 1.80 bits per heavy atom. The molecule has 3 N–H and O–H groups in total. The molecule has 7 nitrogen and oxygen atoms in total. The van der Waals surface area contributed by atoms with Crippen LogP contribution in [0.5, 0.6) is 0 Å². The Morgan fingerprint density at radius 1 is 1.08 bits per heavy atom. The summed E-state index contributed by atoms with van der Waals surface area (Å²) in [6.07, 6.45) is 1.86. The quantitative estimate of drug-likeness (QED) is 0.795. The van der Waals surface area contributed by atoms with Crippen LogP contribution in [-0.2, 0) is 0 Å². The maximum atomic E-state index is 14.5. The van der Waals surface area contributed by atoms with Crippen molar-refractivity contribution in [1.82, 2.24) is 9.88 Å². The summed E-state index contributed by atoms with van der Waals surface area (Å²) in [4.78, 5) is 38.2. The molecule has 1 fully saturated rings. The molecule has 8 heteroatoms. The minimum absolute atomic E-state index is 0.0529. The van der Waals surface area contributed by atoms with Crippen molar-refractivity contribution in [2.45, 2.75) is 12.8 Å². The summed E-state index contributed by atoms with van der Waals surface area (Å²) >= 11 is 0. The first kappa shape index (κ1) is 15.4. The van der Waals surface area contributed by atoms with Crippen molar-refractivity contribution < 1.29 is 14.0 Å². The van der Waals surface area contributed by atoms with Gasteiger partial charge in [0.05, 0.1) is 22.5 Å². The van der Waals surface area contributed by atoms with Crippen LogP contribution in [0.2, 0.25) is 0 Å². The van der Waals surface area contributed by atoms with Gasteiger partial charge in [0.1, 0.15) is 11.6 Å². The highest BCUT2D eigenvalue weighted by Crippen LogP contribution is 2.32. The fraction of sp³-hybridized carbons (Fsp3) is 0.235. The number of nitrogens with zero attached hydrogens (tertiary/aromatic N) is 2. The predicted molar refractivity (Wildman–Crippen MR) is 89.7 cm³/mol. The number of nitrogens with two attached hydrogens (primary N) is 1. The zero-order chi connectivity index (χ0) is 17.7. The number of nitrogens with one attached hydrogen (secondary N) is 1. The molecule has 1 aromatic heterocycles. The lowest BCUT2D eigenvalue weighted by molar-refractivity contribution is 0.0880. The second-order valence-electron chi connectivity index (χ2n) is 6.08. The fourth-order valence-electron chi connectivity index (χ4n) is 3.47. The van der Waals surface area contributed by atoms with Gasteiger partial charge in [-0.05, 0) is 25.0 Å². The molecule has 2 amide bonds. The summed E-state index contributed by atoms with van der Waals surface area (Å²) < 4.78 is 15.6. The van der Waals surface area contributed by atoms with Crippen molar-refractivity contribution in [3.63, 3.8) is 0 Å². The van der Waals surface area contributed by atoms with E-state index in [0.29, 0.717) is 13.1 Å². The number of fused-ring (bicyclic) bond motifs is 1. The van der Waals surface area contributed by atoms with Gasteiger partial charge < -0.3 is 10.6 Å². The van der Waals surface area contributed by atoms with Gasteiger partial charge >= 0.3 is 0 Å². The summed E-state index contributed by atoms with van der Waals surface area (Å²) in [6, 6.07) is 5.44. The molecule has 0 spiro atoms. The van der Waals surface area contributed by atoms with Crippen molar-refractivity contribution in [2.24, 2.45) is 0 Å². The molecule has 128 valence electrons. The zero-order valence-corrected chi connectivity index (χ0v) is 13.2. The van der Waals surface area contributed by atoms with E-state index in [1.807, 2.05) is 4.90 Å². The molecule has 3 heterocycles. The number of para-hydroxylation sites is 1. The Balaban J connectivity index is 2.00. The summed E-state index contributed by atoms with van der Waals surface area (Å²) in [6.45, 7) is 1.35. The van der Waals surface area contributed by atoms with Crippen LogP contribution in [-0.4, -0.2) is 29.5 Å². The van der Waals surface area contributed by atoms with Gasteiger partial charge in [-0.25, -0.2) is 4.39 Å². The lowest BCUT2D eigenvalue weighted by atomic mass is 10.1. The number of aromatic nitrogens is 1. The molecule has 4 rings (SSSR count). The Morgan fingerprint density at radius 3 is 2.52 bits per heavy atom. The van der Waals surface area contributed by atoms with Crippen LogP contribution in [0.25, 0.3) is 5.69 Å². The Kier molecular flexibility index (Phi) is 3.34. The molecule has 0 radical (unpaired) electrons. The fourth-order valence-corrected chi connectivity index (χ4v) is 3.47. The van der Waals surface area contributed by atoms with Crippen molar-refractivity contribution in [3.8, 4) is 5.69 Å². The van der Waals surface area contributed by atoms with Crippen molar-refractivity contribution in [1.29, 1.82) is 0 Å². The first-order valence-electron chi connectivity index (χ1n) is 7.94. The smallest absolute Gasteiger partial charge is 0.262 e. The van der Waals surface area contributed by atoms with Gasteiger partial charge in [-0.2, -0.15) is 0 Å². The van der Waals surface area contributed by atoms with Gasteiger partial charge in [-0.3, -0.25) is 24.3 Å². The molecule has 1 saturated heterocycles. The van der Waals surface area contributed by atoms with Crippen molar-refractivity contribution in [2.75, 3.05) is 23.7 Å². The van der Waals surface area contributed by atoms with Crippen LogP contribution >= 0.6 is 0 Å². The minimum Gasteiger partial charge on any atom is -0.384 e. The van der Waals surface area contributed by atoms with E-state index >= 15 is 0 Å². The molecule has 0 aliphatic carbocycles. The Hall–Kier alpha value is -3.16. The summed E-state index contributed by atoms with van der Waals surface area (Å²) in [5.41, 5.74) is 5.89. The van der Waals surface area contributed by atoms with E-state index in [4.69, 9.17) is 5.73 Å². The first-order valence-corrected chi connectivity index (χ1v) is 7.94. The van der Waals surface area contributed by atoms with Crippen molar-refractivity contribution >= 4 is 23.3 Å². The van der Waals surface area contributed by atoms with Gasteiger partial charge in [0.25, 0.3) is 17.4 Å². The third-order valence-electron chi connectivity index (χ3n) is 4.58. The molecule has 25 heavy (non-hydrogen) atoms. The first-order chi connectivity index (χ1) is 12.0. The summed E-state index contributed by atoms with van der Waals surface area (Å²) in [7, 11) is 0. The number of halogens is 1. The van der Waals surface area contributed by atoms with Crippen LogP contribution in [0.4, 0.5) is 15.9 Å². The SMILES string of the molecule is Nc1c2c(cc(=O)n1-c1cccc(F)c1N1CCCC1)C(=O)NC2=O. The Bertz CT molecular complexity index is 977. The van der Waals surface area contributed by atoms with Crippen LogP contribution in [0, 0.1) is 5.82 Å². The average Bonchev–Trinajstić information content (AvgIpc) is 3.16. The van der Waals surface area contributed by atoms with E-state index in [0.717, 1.165) is 23.5 Å². The number of imide groups is 1.